The molecule has 4 atom stereocenters. The van der Waals surface area contributed by atoms with E-state index in [1.807, 2.05) is 30.3 Å². The molecule has 0 unspecified atom stereocenters. The summed E-state index contributed by atoms with van der Waals surface area (Å²) in [6.45, 7) is 3.19. The number of fused-ring (bicyclic) bond motifs is 1. The second-order valence-electron chi connectivity index (χ2n) is 7.64. The van der Waals surface area contributed by atoms with Gasteiger partial charge in [0.1, 0.15) is 5.75 Å². The molecule has 5 nitrogen and oxygen atoms in total. The standard InChI is InChI=1S/C20H30N2O3/c1-20-13-15(22-17(20)9-5-6-10-18(20)23)14-21-19(24)11-12-25-16-7-3-2-4-8-16/h2-4,7-8,15,17-18,22-23H,5-6,9-14H2,1H3,(H,21,24)/t15-,17-,18+,20-/m1/s1. The topological polar surface area (TPSA) is 70.6 Å². The second-order valence-corrected chi connectivity index (χ2v) is 7.64. The SMILES string of the molecule is C[C@@]12C[C@H](CNC(=O)CCOc3ccccc3)N[C@@H]1CCCC[C@@H]2O. The largest absolute Gasteiger partial charge is 0.493 e. The molecule has 1 heterocycles. The summed E-state index contributed by atoms with van der Waals surface area (Å²) in [5.74, 6) is 0.797. The number of ether oxygens (including phenoxy) is 1. The van der Waals surface area contributed by atoms with Crippen LogP contribution in [0.25, 0.3) is 0 Å². The third kappa shape index (κ3) is 4.53. The van der Waals surface area contributed by atoms with Crippen LogP contribution in [0.1, 0.15) is 45.4 Å². The number of amides is 1. The highest BCUT2D eigenvalue weighted by molar-refractivity contribution is 5.76. The predicted octanol–water partition coefficient (Wildman–Crippen LogP) is 2.24. The van der Waals surface area contributed by atoms with E-state index in [-0.39, 0.29) is 23.5 Å². The van der Waals surface area contributed by atoms with Crippen LogP contribution in [0.3, 0.4) is 0 Å². The minimum Gasteiger partial charge on any atom is -0.493 e. The normalized spacial score (nSPS) is 31.8. The average molecular weight is 346 g/mol. The first-order valence-electron chi connectivity index (χ1n) is 9.46. The molecule has 0 spiro atoms. The third-order valence-electron chi connectivity index (χ3n) is 5.79. The van der Waals surface area contributed by atoms with E-state index >= 15 is 0 Å². The van der Waals surface area contributed by atoms with Crippen molar-refractivity contribution in [3.8, 4) is 5.75 Å². The van der Waals surface area contributed by atoms with Crippen molar-refractivity contribution in [1.82, 2.24) is 10.6 Å². The van der Waals surface area contributed by atoms with Crippen molar-refractivity contribution in [3.63, 3.8) is 0 Å². The second kappa shape index (κ2) is 8.19. The summed E-state index contributed by atoms with van der Waals surface area (Å²) in [6.07, 6.45) is 5.31. The van der Waals surface area contributed by atoms with Gasteiger partial charge in [-0.05, 0) is 31.4 Å². The fourth-order valence-corrected chi connectivity index (χ4v) is 4.24. The molecule has 3 rings (SSSR count). The summed E-state index contributed by atoms with van der Waals surface area (Å²) in [4.78, 5) is 12.0. The Bertz CT molecular complexity index is 565. The van der Waals surface area contributed by atoms with Crippen LogP contribution < -0.4 is 15.4 Å². The Hall–Kier alpha value is -1.59. The van der Waals surface area contributed by atoms with Crippen molar-refractivity contribution < 1.29 is 14.6 Å². The monoisotopic (exact) mass is 346 g/mol. The molecule has 0 aromatic heterocycles. The molecule has 1 aromatic rings. The van der Waals surface area contributed by atoms with Crippen molar-refractivity contribution in [3.05, 3.63) is 30.3 Å². The molecule has 25 heavy (non-hydrogen) atoms. The molecule has 1 aliphatic heterocycles. The molecular formula is C20H30N2O3. The van der Waals surface area contributed by atoms with E-state index in [0.29, 0.717) is 25.6 Å². The van der Waals surface area contributed by atoms with Gasteiger partial charge in [-0.2, -0.15) is 0 Å². The Balaban J connectivity index is 1.39. The van der Waals surface area contributed by atoms with Crippen LogP contribution in [0.2, 0.25) is 0 Å². The summed E-state index contributed by atoms with van der Waals surface area (Å²) in [5, 5.41) is 17.1. The van der Waals surface area contributed by atoms with E-state index in [1.165, 1.54) is 6.42 Å². The van der Waals surface area contributed by atoms with Gasteiger partial charge in [-0.3, -0.25) is 4.79 Å². The lowest BCUT2D eigenvalue weighted by atomic mass is 9.75. The molecule has 138 valence electrons. The smallest absolute Gasteiger partial charge is 0.223 e. The number of carbonyl (C=O) groups is 1. The Morgan fingerprint density at radius 1 is 1.32 bits per heavy atom. The minimum absolute atomic E-state index is 0.00975. The van der Waals surface area contributed by atoms with Crippen molar-refractivity contribution in [2.75, 3.05) is 13.2 Å². The molecule has 0 radical (unpaired) electrons. The summed E-state index contributed by atoms with van der Waals surface area (Å²) in [7, 11) is 0. The molecule has 5 heteroatoms. The van der Waals surface area contributed by atoms with Gasteiger partial charge in [0.2, 0.25) is 5.91 Å². The quantitative estimate of drug-likeness (QED) is 0.739. The van der Waals surface area contributed by atoms with Gasteiger partial charge >= 0.3 is 0 Å². The van der Waals surface area contributed by atoms with Gasteiger partial charge in [0.15, 0.2) is 0 Å². The first kappa shape index (κ1) is 18.2. The third-order valence-corrected chi connectivity index (χ3v) is 5.79. The molecule has 2 fully saturated rings. The van der Waals surface area contributed by atoms with Gasteiger partial charge in [-0.15, -0.1) is 0 Å². The Morgan fingerprint density at radius 3 is 2.88 bits per heavy atom. The zero-order valence-corrected chi connectivity index (χ0v) is 15.0. The number of benzene rings is 1. The molecule has 2 aliphatic rings. The molecule has 1 aliphatic carbocycles. The van der Waals surface area contributed by atoms with E-state index in [1.54, 1.807) is 0 Å². The zero-order chi connectivity index (χ0) is 17.7. The van der Waals surface area contributed by atoms with E-state index in [4.69, 9.17) is 4.74 Å². The maximum Gasteiger partial charge on any atom is 0.223 e. The predicted molar refractivity (Wildman–Crippen MR) is 97.5 cm³/mol. The van der Waals surface area contributed by atoms with E-state index in [2.05, 4.69) is 17.6 Å². The van der Waals surface area contributed by atoms with Gasteiger partial charge < -0.3 is 20.5 Å². The molecule has 1 saturated heterocycles. The average Bonchev–Trinajstić information content (AvgIpc) is 2.88. The summed E-state index contributed by atoms with van der Waals surface area (Å²) >= 11 is 0. The number of hydrogen-bond donors (Lipinski definition) is 3. The van der Waals surface area contributed by atoms with Crippen LogP contribution in [0.4, 0.5) is 0 Å². The van der Waals surface area contributed by atoms with Crippen molar-refractivity contribution in [2.45, 2.75) is 63.6 Å². The molecular weight excluding hydrogens is 316 g/mol. The van der Waals surface area contributed by atoms with Crippen LogP contribution >= 0.6 is 0 Å². The Morgan fingerprint density at radius 2 is 2.08 bits per heavy atom. The molecule has 3 N–H and O–H groups in total. The van der Waals surface area contributed by atoms with Crippen molar-refractivity contribution in [1.29, 1.82) is 0 Å². The van der Waals surface area contributed by atoms with Crippen LogP contribution in [-0.4, -0.2) is 42.4 Å². The van der Waals surface area contributed by atoms with Crippen LogP contribution in [0.5, 0.6) is 5.75 Å². The highest BCUT2D eigenvalue weighted by atomic mass is 16.5. The van der Waals surface area contributed by atoms with Crippen LogP contribution in [0, 0.1) is 5.41 Å². The van der Waals surface area contributed by atoms with E-state index in [0.717, 1.165) is 31.4 Å². The lowest BCUT2D eigenvalue weighted by Gasteiger charge is -2.33. The molecule has 0 bridgehead atoms. The van der Waals surface area contributed by atoms with Crippen molar-refractivity contribution in [2.24, 2.45) is 5.41 Å². The summed E-state index contributed by atoms with van der Waals surface area (Å²) in [5.41, 5.74) is -0.0671. The summed E-state index contributed by atoms with van der Waals surface area (Å²) in [6, 6.07) is 10.1. The van der Waals surface area contributed by atoms with Crippen LogP contribution in [0.15, 0.2) is 30.3 Å². The fraction of sp³-hybridized carbons (Fsp3) is 0.650. The van der Waals surface area contributed by atoms with Gasteiger partial charge in [0.05, 0.1) is 19.1 Å². The summed E-state index contributed by atoms with van der Waals surface area (Å²) < 4.78 is 5.56. The molecule has 1 amide bonds. The Kier molecular flexibility index (Phi) is 5.97. The highest BCUT2D eigenvalue weighted by Gasteiger charge is 2.48. The number of aliphatic hydroxyl groups is 1. The van der Waals surface area contributed by atoms with Gasteiger partial charge in [0, 0.05) is 24.0 Å². The molecule has 1 saturated carbocycles. The number of nitrogens with one attached hydrogen (secondary N) is 2. The van der Waals surface area contributed by atoms with Gasteiger partial charge in [0.25, 0.3) is 0 Å². The fourth-order valence-electron chi connectivity index (χ4n) is 4.24. The number of hydrogen-bond acceptors (Lipinski definition) is 4. The van der Waals surface area contributed by atoms with Crippen molar-refractivity contribution >= 4 is 5.91 Å². The molecule has 1 aromatic carbocycles. The van der Waals surface area contributed by atoms with Gasteiger partial charge in [-0.25, -0.2) is 0 Å². The number of rotatable bonds is 6. The number of carbonyl (C=O) groups excluding carboxylic acids is 1. The first-order valence-corrected chi connectivity index (χ1v) is 9.46. The lowest BCUT2D eigenvalue weighted by molar-refractivity contribution is -0.121. The minimum atomic E-state index is -0.243. The maximum atomic E-state index is 12.0. The highest BCUT2D eigenvalue weighted by Crippen LogP contribution is 2.43. The maximum absolute atomic E-state index is 12.0. The van der Waals surface area contributed by atoms with Gasteiger partial charge in [-0.1, -0.05) is 38.0 Å². The van der Waals surface area contributed by atoms with E-state index < -0.39 is 0 Å². The lowest BCUT2D eigenvalue weighted by Crippen LogP contribution is -2.43. The Labute approximate surface area is 150 Å². The number of para-hydroxylation sites is 1. The van der Waals surface area contributed by atoms with E-state index in [9.17, 15) is 9.90 Å². The zero-order valence-electron chi connectivity index (χ0n) is 15.0. The van der Waals surface area contributed by atoms with Crippen LogP contribution in [-0.2, 0) is 4.79 Å². The number of aliphatic hydroxyl groups excluding tert-OH is 1. The first-order chi connectivity index (χ1) is 12.1.